The first-order valence-corrected chi connectivity index (χ1v) is 4.19. The van der Waals surface area contributed by atoms with E-state index in [1.807, 2.05) is 0 Å². The topological polar surface area (TPSA) is 88.2 Å². The summed E-state index contributed by atoms with van der Waals surface area (Å²) in [6.07, 6.45) is 0. The van der Waals surface area contributed by atoms with Gasteiger partial charge in [0.25, 0.3) is 0 Å². The summed E-state index contributed by atoms with van der Waals surface area (Å²) in [4.78, 5) is 8.12. The fraction of sp³-hybridized carbons (Fsp3) is 0. The summed E-state index contributed by atoms with van der Waals surface area (Å²) in [7, 11) is 4.81. The molecule has 0 aliphatic rings. The Labute approximate surface area is 66.2 Å². The fourth-order valence-electron chi connectivity index (χ4n) is 0. The highest BCUT2D eigenvalue weighted by atomic mass is 36.0. The predicted octanol–water partition coefficient (Wildman–Crippen LogP) is -3.96. The molecular weight excluding hydrogens is 216 g/mol. The van der Waals surface area contributed by atoms with Gasteiger partial charge in [0.05, 0.1) is 0 Å². The monoisotopic (exact) mass is 216 g/mol. The number of nitrogens with one attached hydrogen (secondary N) is 1. The van der Waals surface area contributed by atoms with Crippen molar-refractivity contribution in [2.45, 2.75) is 0 Å². The minimum absolute atomic E-state index is 0. The van der Waals surface area contributed by atoms with Crippen LogP contribution in [-0.4, -0.2) is 8.42 Å². The van der Waals surface area contributed by atoms with Gasteiger partial charge in [-0.3, -0.25) is 10.1 Å². The van der Waals surface area contributed by atoms with Crippen LogP contribution in [0.3, 0.4) is 0 Å². The molecule has 0 saturated heterocycles. The highest BCUT2D eigenvalue weighted by Gasteiger charge is 1.88. The average Bonchev–Trinajstić information content (AvgIpc) is 1.27. The SMILES string of the molecule is O=S(=O)(Cl)Cl.O=[NH+][O-].[Cl-]. The lowest BCUT2D eigenvalue weighted by Crippen LogP contribution is -3.00. The lowest BCUT2D eigenvalue weighted by molar-refractivity contribution is -0.398. The van der Waals surface area contributed by atoms with Gasteiger partial charge in [0, 0.05) is 26.7 Å². The van der Waals surface area contributed by atoms with Gasteiger partial charge in [-0.2, -0.15) is 8.42 Å². The molecule has 0 aromatic heterocycles. The summed E-state index contributed by atoms with van der Waals surface area (Å²) in [6, 6.07) is 0. The summed E-state index contributed by atoms with van der Waals surface area (Å²) < 4.78 is 18.3. The molecule has 0 bridgehead atoms. The van der Waals surface area contributed by atoms with E-state index in [-0.39, 0.29) is 17.7 Å². The first kappa shape index (κ1) is 16.1. The van der Waals surface area contributed by atoms with Crippen LogP contribution in [0.25, 0.3) is 0 Å². The summed E-state index contributed by atoms with van der Waals surface area (Å²) in [5, 5.41) is 8.38. The molecule has 0 spiro atoms. The van der Waals surface area contributed by atoms with Gasteiger partial charge in [-0.05, 0) is 0 Å². The summed E-state index contributed by atoms with van der Waals surface area (Å²) in [5.74, 6) is 0. The third kappa shape index (κ3) is 6570. The predicted molar refractivity (Wildman–Crippen MR) is 28.3 cm³/mol. The second kappa shape index (κ2) is 8.22. The second-order valence-corrected chi connectivity index (χ2v) is 4.13. The number of rotatable bonds is 0. The normalized spacial score (nSPS) is 7.78. The lowest BCUT2D eigenvalue weighted by atomic mass is 13.4. The standard InChI is InChI=1S/Cl2O2S.ClH.HNO2/c1-5(2,3)4;;2-1-3/h;1H;1H/p-1. The number of hydrogen-bond acceptors (Lipinski definition) is 4. The molecule has 58 valence electrons. The van der Waals surface area contributed by atoms with Gasteiger partial charge in [0.15, 0.2) is 0 Å². The summed E-state index contributed by atoms with van der Waals surface area (Å²) in [5.41, 5.74) is 0. The Morgan fingerprint density at radius 3 is 1.33 bits per heavy atom. The van der Waals surface area contributed by atoms with E-state index in [1.165, 1.54) is 0 Å². The Morgan fingerprint density at radius 1 is 1.33 bits per heavy atom. The maximum absolute atomic E-state index is 9.16. The van der Waals surface area contributed by atoms with Gasteiger partial charge in [-0.25, -0.2) is 0 Å². The lowest BCUT2D eigenvalue weighted by Gasteiger charge is -1.61. The Balaban J connectivity index is -0.0000000800. The molecular formula is HCl3NO4S-. The van der Waals surface area contributed by atoms with Gasteiger partial charge < -0.3 is 12.4 Å². The van der Waals surface area contributed by atoms with Crippen LogP contribution in [0, 0.1) is 10.1 Å². The van der Waals surface area contributed by atoms with Gasteiger partial charge >= 0.3 is 8.26 Å². The fourth-order valence-corrected chi connectivity index (χ4v) is 0. The van der Waals surface area contributed by atoms with Crippen molar-refractivity contribution in [1.82, 2.24) is 0 Å². The Morgan fingerprint density at radius 2 is 1.33 bits per heavy atom. The molecule has 5 nitrogen and oxygen atoms in total. The maximum Gasteiger partial charge on any atom is 0.317 e. The van der Waals surface area contributed by atoms with Gasteiger partial charge in [-0.1, -0.05) is 0 Å². The number of hydrogen-bond donors (Lipinski definition) is 1. The molecule has 0 heterocycles. The second-order valence-electron chi connectivity index (χ2n) is 0.462. The van der Waals surface area contributed by atoms with Gasteiger partial charge in [-0.15, -0.1) is 0 Å². The zero-order valence-electron chi connectivity index (χ0n) is 3.68. The van der Waals surface area contributed by atoms with E-state index in [1.54, 1.807) is 0 Å². The van der Waals surface area contributed by atoms with Crippen molar-refractivity contribution in [3.8, 4) is 0 Å². The molecule has 0 aromatic rings. The molecule has 9 heavy (non-hydrogen) atoms. The Hall–Kier alpha value is 0.220. The Bertz CT molecular complexity index is 130. The zero-order chi connectivity index (χ0) is 7.21. The van der Waals surface area contributed by atoms with Crippen molar-refractivity contribution in [1.29, 1.82) is 0 Å². The first-order chi connectivity index (χ1) is 3.41. The van der Waals surface area contributed by atoms with Crippen LogP contribution in [0.1, 0.15) is 0 Å². The molecule has 1 N–H and O–H groups in total. The molecule has 0 saturated carbocycles. The van der Waals surface area contributed by atoms with Gasteiger partial charge in [0.1, 0.15) is 0 Å². The van der Waals surface area contributed by atoms with E-state index in [2.05, 4.69) is 21.4 Å². The van der Waals surface area contributed by atoms with Crippen molar-refractivity contribution in [2.24, 2.45) is 0 Å². The largest absolute Gasteiger partial charge is 1.00 e. The average molecular weight is 217 g/mol. The molecule has 0 unspecified atom stereocenters. The van der Waals surface area contributed by atoms with Crippen LogP contribution in [-0.2, 0) is 8.26 Å². The minimum Gasteiger partial charge on any atom is -1.00 e. The summed E-state index contributed by atoms with van der Waals surface area (Å²) in [6.45, 7) is 0. The molecule has 0 fully saturated rings. The quantitative estimate of drug-likeness (QED) is 0.255. The minimum atomic E-state index is -3.72. The molecule has 9 heteroatoms. The van der Waals surface area contributed by atoms with E-state index < -0.39 is 8.26 Å². The van der Waals surface area contributed by atoms with Crippen LogP contribution in [0.5, 0.6) is 0 Å². The van der Waals surface area contributed by atoms with E-state index in [0.717, 1.165) is 0 Å². The van der Waals surface area contributed by atoms with Crippen molar-refractivity contribution in [3.05, 3.63) is 10.1 Å². The van der Waals surface area contributed by atoms with Crippen LogP contribution < -0.4 is 17.7 Å². The van der Waals surface area contributed by atoms with Crippen molar-refractivity contribution >= 4 is 29.6 Å². The van der Waals surface area contributed by atoms with Crippen LogP contribution >= 0.6 is 21.4 Å². The molecule has 0 radical (unpaired) electrons. The van der Waals surface area contributed by atoms with E-state index in [0.29, 0.717) is 0 Å². The zero-order valence-corrected chi connectivity index (χ0v) is 6.76. The first-order valence-electron chi connectivity index (χ1n) is 1.05. The van der Waals surface area contributed by atoms with Crippen molar-refractivity contribution < 1.29 is 26.2 Å². The molecule has 0 atom stereocenters. The molecule has 0 rings (SSSR count). The van der Waals surface area contributed by atoms with Crippen LogP contribution in [0.4, 0.5) is 0 Å². The van der Waals surface area contributed by atoms with Crippen molar-refractivity contribution in [3.63, 3.8) is 0 Å². The highest BCUT2D eigenvalue weighted by molar-refractivity contribution is 8.31. The molecule has 0 aliphatic heterocycles. The number of halogens is 3. The van der Waals surface area contributed by atoms with Crippen molar-refractivity contribution in [2.75, 3.05) is 0 Å². The summed E-state index contributed by atoms with van der Waals surface area (Å²) >= 11 is 0. The van der Waals surface area contributed by atoms with E-state index in [9.17, 15) is 0 Å². The highest BCUT2D eigenvalue weighted by Crippen LogP contribution is 1.98. The van der Waals surface area contributed by atoms with Gasteiger partial charge in [0.2, 0.25) is 0 Å². The third-order valence-corrected chi connectivity index (χ3v) is 0. The third-order valence-electron chi connectivity index (χ3n) is 0. The van der Waals surface area contributed by atoms with E-state index >= 15 is 0 Å². The molecule has 0 aliphatic carbocycles. The van der Waals surface area contributed by atoms with Crippen LogP contribution in [0.15, 0.2) is 0 Å². The van der Waals surface area contributed by atoms with Crippen LogP contribution in [0.2, 0.25) is 0 Å². The maximum atomic E-state index is 9.16. The molecule has 0 amide bonds. The molecule has 0 aromatic carbocycles. The smallest absolute Gasteiger partial charge is 0.317 e. The van der Waals surface area contributed by atoms with E-state index in [4.69, 9.17) is 18.5 Å². The Kier molecular flexibility index (Phi) is 14.7.